The molecule has 8 bridgehead atoms. The zero-order chi connectivity index (χ0) is 36.3. The SMILES string of the molecule is O=C(CCCCC1CCSS1)Nc1ccc(-c2c3nc(c(-c4ccccc4)c4ccc(cc5nc(c(-c6ccccc6)c6ccc2[nH]6)C=C5)[nH]4)C=C3)cc1. The van der Waals surface area contributed by atoms with Crippen LogP contribution in [0.4, 0.5) is 5.69 Å². The molecule has 1 unspecified atom stereocenters. The standard InChI is InChI=1S/C46H39N5OS2/c52-43(14-8-7-13-36-27-28-53-54-36)49-33-17-15-32(16-18-33)46-41-25-23-39(50-41)44(30-9-3-1-4-10-30)37-21-19-34(47-37)29-35-20-22-38(48-35)45(31-11-5-2-6-12-31)40-24-26-42(46)51-40/h1-6,9-12,15-26,29,36,47,51H,7-8,13-14,27-28H2,(H,49,52). The van der Waals surface area contributed by atoms with Gasteiger partial charge in [-0.2, -0.15) is 0 Å². The van der Waals surface area contributed by atoms with E-state index in [2.05, 4.69) is 131 Å². The van der Waals surface area contributed by atoms with Crippen molar-refractivity contribution >= 4 is 79.6 Å². The van der Waals surface area contributed by atoms with Crippen LogP contribution in [-0.4, -0.2) is 36.8 Å². The minimum atomic E-state index is 0.0622. The smallest absolute Gasteiger partial charge is 0.224 e. The van der Waals surface area contributed by atoms with Crippen molar-refractivity contribution in [1.82, 2.24) is 19.9 Å². The van der Waals surface area contributed by atoms with Gasteiger partial charge in [0.05, 0.1) is 22.8 Å². The Hall–Kier alpha value is -5.57. The molecular formula is C46H39N5OS2. The zero-order valence-electron chi connectivity index (χ0n) is 29.7. The molecule has 6 nitrogen and oxygen atoms in total. The second-order valence-corrected chi connectivity index (χ2v) is 16.6. The third-order valence-corrected chi connectivity index (χ3v) is 13.1. The monoisotopic (exact) mass is 741 g/mol. The number of carbonyl (C=O) groups is 1. The van der Waals surface area contributed by atoms with Crippen LogP contribution in [0.15, 0.2) is 115 Å². The number of nitrogens with one attached hydrogen (secondary N) is 3. The van der Waals surface area contributed by atoms with Crippen LogP contribution >= 0.6 is 21.6 Å². The Morgan fingerprint density at radius 3 is 1.89 bits per heavy atom. The molecule has 0 aliphatic carbocycles. The highest BCUT2D eigenvalue weighted by molar-refractivity contribution is 8.77. The van der Waals surface area contributed by atoms with E-state index in [0.29, 0.717) is 6.42 Å². The molecule has 1 fully saturated rings. The lowest BCUT2D eigenvalue weighted by atomic mass is 10.0. The number of unbranched alkanes of at least 4 members (excludes halogenated alkanes) is 1. The number of aromatic amines is 2. The molecule has 1 atom stereocenters. The lowest BCUT2D eigenvalue weighted by Crippen LogP contribution is -2.11. The maximum Gasteiger partial charge on any atom is 0.224 e. The Kier molecular flexibility index (Phi) is 9.77. The van der Waals surface area contributed by atoms with Gasteiger partial charge in [0.1, 0.15) is 0 Å². The largest absolute Gasteiger partial charge is 0.355 e. The Balaban J connectivity index is 1.17. The van der Waals surface area contributed by atoms with Gasteiger partial charge in [-0.25, -0.2) is 9.97 Å². The van der Waals surface area contributed by atoms with Crippen molar-refractivity contribution in [3.63, 3.8) is 0 Å². The number of benzene rings is 3. The number of anilines is 1. The second-order valence-electron chi connectivity index (χ2n) is 13.8. The van der Waals surface area contributed by atoms with E-state index in [4.69, 9.17) is 9.97 Å². The van der Waals surface area contributed by atoms with Gasteiger partial charge in [-0.1, -0.05) is 101 Å². The third kappa shape index (κ3) is 7.32. The second kappa shape index (κ2) is 15.4. The molecule has 1 saturated heterocycles. The summed E-state index contributed by atoms with van der Waals surface area (Å²) >= 11 is 0. The summed E-state index contributed by atoms with van der Waals surface area (Å²) < 4.78 is 0. The number of hydrogen-bond donors (Lipinski definition) is 3. The normalized spacial score (nSPS) is 14.8. The molecule has 8 heteroatoms. The molecule has 3 aliphatic rings. The van der Waals surface area contributed by atoms with E-state index in [0.717, 1.165) is 102 Å². The topological polar surface area (TPSA) is 86.5 Å². The summed E-state index contributed by atoms with van der Waals surface area (Å²) in [4.78, 5) is 30.8. The number of aromatic nitrogens is 4. The van der Waals surface area contributed by atoms with Crippen LogP contribution in [0.25, 0.3) is 79.8 Å². The molecule has 3 aromatic carbocycles. The minimum absolute atomic E-state index is 0.0622. The van der Waals surface area contributed by atoms with Gasteiger partial charge in [-0.15, -0.1) is 0 Å². The lowest BCUT2D eigenvalue weighted by molar-refractivity contribution is -0.116. The van der Waals surface area contributed by atoms with Crippen LogP contribution < -0.4 is 5.32 Å². The molecule has 266 valence electrons. The van der Waals surface area contributed by atoms with Crippen LogP contribution in [0.1, 0.15) is 54.9 Å². The zero-order valence-corrected chi connectivity index (χ0v) is 31.4. The number of rotatable bonds is 9. The van der Waals surface area contributed by atoms with Crippen LogP contribution in [0.3, 0.4) is 0 Å². The van der Waals surface area contributed by atoms with Gasteiger partial charge in [0, 0.05) is 61.9 Å². The van der Waals surface area contributed by atoms with E-state index in [1.54, 1.807) is 0 Å². The molecule has 0 radical (unpaired) electrons. The molecule has 9 rings (SSSR count). The molecule has 3 N–H and O–H groups in total. The van der Waals surface area contributed by atoms with E-state index in [1.807, 2.05) is 45.9 Å². The van der Waals surface area contributed by atoms with Gasteiger partial charge in [0.15, 0.2) is 0 Å². The molecular weight excluding hydrogens is 703 g/mol. The van der Waals surface area contributed by atoms with Crippen molar-refractivity contribution in [3.8, 4) is 33.4 Å². The molecule has 6 aromatic rings. The molecule has 3 aliphatic heterocycles. The van der Waals surface area contributed by atoms with Crippen molar-refractivity contribution in [2.45, 2.75) is 37.4 Å². The van der Waals surface area contributed by atoms with Gasteiger partial charge >= 0.3 is 0 Å². The Bertz CT molecular complexity index is 2510. The summed E-state index contributed by atoms with van der Waals surface area (Å²) in [6.45, 7) is 0. The highest BCUT2D eigenvalue weighted by Gasteiger charge is 2.18. The molecule has 1 amide bonds. The first-order valence-corrected chi connectivity index (χ1v) is 21.0. The quantitative estimate of drug-likeness (QED) is 0.101. The van der Waals surface area contributed by atoms with Gasteiger partial charge in [0.2, 0.25) is 5.91 Å². The highest BCUT2D eigenvalue weighted by atomic mass is 33.1. The molecule has 3 aromatic heterocycles. The van der Waals surface area contributed by atoms with Crippen LogP contribution in [0.5, 0.6) is 0 Å². The van der Waals surface area contributed by atoms with E-state index in [-0.39, 0.29) is 5.91 Å². The van der Waals surface area contributed by atoms with Gasteiger partial charge < -0.3 is 15.3 Å². The average Bonchev–Trinajstić information content (AvgIpc) is 4.06. The predicted molar refractivity (Wildman–Crippen MR) is 231 cm³/mol. The number of nitrogens with zero attached hydrogens (tertiary/aromatic N) is 2. The summed E-state index contributed by atoms with van der Waals surface area (Å²) in [6, 6.07) is 39.5. The highest BCUT2D eigenvalue weighted by Crippen LogP contribution is 2.40. The van der Waals surface area contributed by atoms with Crippen molar-refractivity contribution in [2.24, 2.45) is 0 Å². The van der Waals surface area contributed by atoms with Crippen molar-refractivity contribution in [2.75, 3.05) is 11.1 Å². The van der Waals surface area contributed by atoms with Crippen molar-refractivity contribution in [3.05, 3.63) is 138 Å². The summed E-state index contributed by atoms with van der Waals surface area (Å²) in [5.41, 5.74) is 14.3. The summed E-state index contributed by atoms with van der Waals surface area (Å²) in [6.07, 6.45) is 13.4. The van der Waals surface area contributed by atoms with Crippen LogP contribution in [-0.2, 0) is 4.79 Å². The Morgan fingerprint density at radius 1 is 0.648 bits per heavy atom. The Labute approximate surface area is 322 Å². The van der Waals surface area contributed by atoms with E-state index < -0.39 is 0 Å². The number of fused-ring (bicyclic) bond motifs is 8. The van der Waals surface area contributed by atoms with E-state index >= 15 is 0 Å². The van der Waals surface area contributed by atoms with Crippen LogP contribution in [0, 0.1) is 0 Å². The van der Waals surface area contributed by atoms with Gasteiger partial charge in [-0.05, 0) is 103 Å². The minimum Gasteiger partial charge on any atom is -0.355 e. The fraction of sp³-hybridized carbons (Fsp3) is 0.152. The maximum absolute atomic E-state index is 12.9. The van der Waals surface area contributed by atoms with E-state index in [1.165, 1.54) is 18.6 Å². The van der Waals surface area contributed by atoms with E-state index in [9.17, 15) is 4.79 Å². The molecule has 6 heterocycles. The maximum atomic E-state index is 12.9. The molecule has 54 heavy (non-hydrogen) atoms. The fourth-order valence-electron chi connectivity index (χ4n) is 7.43. The Morgan fingerprint density at radius 2 is 1.24 bits per heavy atom. The number of amides is 1. The summed E-state index contributed by atoms with van der Waals surface area (Å²) in [7, 11) is 3.98. The first-order chi connectivity index (χ1) is 26.6. The number of H-pyrrole nitrogens is 2. The van der Waals surface area contributed by atoms with Gasteiger partial charge in [0.25, 0.3) is 0 Å². The van der Waals surface area contributed by atoms with Crippen molar-refractivity contribution < 1.29 is 4.79 Å². The summed E-state index contributed by atoms with van der Waals surface area (Å²) in [5, 5.41) is 3.88. The van der Waals surface area contributed by atoms with Gasteiger partial charge in [-0.3, -0.25) is 4.79 Å². The number of hydrogen-bond acceptors (Lipinski definition) is 5. The first kappa shape index (κ1) is 34.2. The number of carbonyl (C=O) groups excluding carboxylic acids is 1. The fourth-order valence-corrected chi connectivity index (χ4v) is 10.5. The molecule has 0 saturated carbocycles. The summed E-state index contributed by atoms with van der Waals surface area (Å²) in [5.74, 6) is 1.31. The molecule has 0 spiro atoms. The van der Waals surface area contributed by atoms with Crippen LogP contribution in [0.2, 0.25) is 0 Å². The third-order valence-electron chi connectivity index (χ3n) is 10.1. The first-order valence-electron chi connectivity index (χ1n) is 18.6. The predicted octanol–water partition coefficient (Wildman–Crippen LogP) is 12.3. The average molecular weight is 742 g/mol. The lowest BCUT2D eigenvalue weighted by Gasteiger charge is -2.09. The van der Waals surface area contributed by atoms with Crippen molar-refractivity contribution in [1.29, 1.82) is 0 Å².